The molecule has 92 valence electrons. The molecule has 0 saturated carbocycles. The first kappa shape index (κ1) is 12.1. The van der Waals surface area contributed by atoms with Gasteiger partial charge < -0.3 is 10.1 Å². The van der Waals surface area contributed by atoms with Gasteiger partial charge in [0.15, 0.2) is 6.61 Å². The number of pyridine rings is 1. The van der Waals surface area contributed by atoms with E-state index in [0.717, 1.165) is 10.9 Å². The van der Waals surface area contributed by atoms with Crippen molar-refractivity contribution in [3.63, 3.8) is 0 Å². The van der Waals surface area contributed by atoms with Crippen molar-refractivity contribution in [3.05, 3.63) is 49.2 Å². The van der Waals surface area contributed by atoms with Crippen LogP contribution in [0.5, 0.6) is 5.75 Å². The zero-order valence-electron chi connectivity index (χ0n) is 9.93. The minimum atomic E-state index is -0.178. The Kier molecular flexibility index (Phi) is 3.91. The number of hydrogen-bond acceptors (Lipinski definition) is 3. The number of aromatic nitrogens is 1. The molecule has 4 nitrogen and oxygen atoms in total. The van der Waals surface area contributed by atoms with Gasteiger partial charge in [0.1, 0.15) is 5.75 Å². The Bertz CT molecular complexity index is 566. The largest absolute Gasteiger partial charge is 0.482 e. The highest BCUT2D eigenvalue weighted by molar-refractivity contribution is 5.80. The van der Waals surface area contributed by atoms with Crippen LogP contribution in [0.3, 0.4) is 0 Å². The second kappa shape index (κ2) is 5.82. The summed E-state index contributed by atoms with van der Waals surface area (Å²) in [7, 11) is 0. The standard InChI is InChI=1S/C14H14N2O2/c1-2-7-15-14(17)10-18-12-8-11-5-3-4-6-13(11)16-9-12/h2-6,8-9H,1,7,10H2,(H,15,17). The number of carbonyl (C=O) groups excluding carboxylic acids is 1. The lowest BCUT2D eigenvalue weighted by Crippen LogP contribution is -2.28. The minimum Gasteiger partial charge on any atom is -0.482 e. The van der Waals surface area contributed by atoms with Gasteiger partial charge >= 0.3 is 0 Å². The molecule has 1 aromatic carbocycles. The average Bonchev–Trinajstić information content (AvgIpc) is 2.42. The third kappa shape index (κ3) is 3.07. The zero-order chi connectivity index (χ0) is 12.8. The fraction of sp³-hybridized carbons (Fsp3) is 0.143. The predicted molar refractivity (Wildman–Crippen MR) is 70.4 cm³/mol. The molecule has 1 amide bonds. The summed E-state index contributed by atoms with van der Waals surface area (Å²) < 4.78 is 5.36. The highest BCUT2D eigenvalue weighted by atomic mass is 16.5. The summed E-state index contributed by atoms with van der Waals surface area (Å²) in [5.74, 6) is 0.408. The average molecular weight is 242 g/mol. The number of para-hydroxylation sites is 1. The maximum atomic E-state index is 11.3. The van der Waals surface area contributed by atoms with Crippen LogP contribution in [0.4, 0.5) is 0 Å². The normalized spacial score (nSPS) is 10.0. The number of hydrogen-bond donors (Lipinski definition) is 1. The lowest BCUT2D eigenvalue weighted by Gasteiger charge is -2.06. The Morgan fingerprint density at radius 2 is 2.28 bits per heavy atom. The highest BCUT2D eigenvalue weighted by Gasteiger charge is 2.02. The van der Waals surface area contributed by atoms with E-state index in [-0.39, 0.29) is 12.5 Å². The number of nitrogens with zero attached hydrogens (tertiary/aromatic N) is 1. The highest BCUT2D eigenvalue weighted by Crippen LogP contribution is 2.17. The smallest absolute Gasteiger partial charge is 0.258 e. The number of rotatable bonds is 5. The molecule has 0 aliphatic carbocycles. The molecule has 4 heteroatoms. The summed E-state index contributed by atoms with van der Waals surface area (Å²) in [5.41, 5.74) is 0.904. The number of carbonyl (C=O) groups is 1. The summed E-state index contributed by atoms with van der Waals surface area (Å²) in [6.45, 7) is 3.94. The van der Waals surface area contributed by atoms with Gasteiger partial charge in [-0.3, -0.25) is 9.78 Å². The SMILES string of the molecule is C=CCNC(=O)COc1cnc2ccccc2c1. The molecule has 2 aromatic rings. The molecule has 0 fully saturated rings. The number of nitrogens with one attached hydrogen (secondary N) is 1. The Hall–Kier alpha value is -2.36. The van der Waals surface area contributed by atoms with Gasteiger partial charge in [-0.05, 0) is 12.1 Å². The van der Waals surface area contributed by atoms with Gasteiger partial charge in [0, 0.05) is 11.9 Å². The van der Waals surface area contributed by atoms with E-state index >= 15 is 0 Å². The van der Waals surface area contributed by atoms with Gasteiger partial charge in [0.05, 0.1) is 11.7 Å². The quantitative estimate of drug-likeness (QED) is 0.815. The van der Waals surface area contributed by atoms with Gasteiger partial charge in [-0.25, -0.2) is 0 Å². The number of ether oxygens (including phenoxy) is 1. The second-order valence-corrected chi connectivity index (χ2v) is 3.75. The Morgan fingerprint density at radius 1 is 1.44 bits per heavy atom. The van der Waals surface area contributed by atoms with Crippen molar-refractivity contribution >= 4 is 16.8 Å². The lowest BCUT2D eigenvalue weighted by molar-refractivity contribution is -0.122. The van der Waals surface area contributed by atoms with Crippen LogP contribution in [0.2, 0.25) is 0 Å². The van der Waals surface area contributed by atoms with Crippen molar-refractivity contribution in [3.8, 4) is 5.75 Å². The molecule has 0 bridgehead atoms. The molecular formula is C14H14N2O2. The number of benzene rings is 1. The number of fused-ring (bicyclic) bond motifs is 1. The molecular weight excluding hydrogens is 228 g/mol. The van der Waals surface area contributed by atoms with Crippen LogP contribution in [0, 0.1) is 0 Å². The zero-order valence-corrected chi connectivity index (χ0v) is 9.93. The van der Waals surface area contributed by atoms with E-state index in [9.17, 15) is 4.79 Å². The third-order valence-electron chi connectivity index (χ3n) is 2.38. The Balaban J connectivity index is 1.99. The van der Waals surface area contributed by atoms with E-state index < -0.39 is 0 Å². The van der Waals surface area contributed by atoms with E-state index in [2.05, 4.69) is 16.9 Å². The summed E-state index contributed by atoms with van der Waals surface area (Å²) in [4.78, 5) is 15.6. The van der Waals surface area contributed by atoms with E-state index in [1.54, 1.807) is 12.3 Å². The second-order valence-electron chi connectivity index (χ2n) is 3.75. The van der Waals surface area contributed by atoms with E-state index in [0.29, 0.717) is 12.3 Å². The van der Waals surface area contributed by atoms with Crippen LogP contribution in [0.15, 0.2) is 49.2 Å². The van der Waals surface area contributed by atoms with Crippen LogP contribution in [0.25, 0.3) is 10.9 Å². The minimum absolute atomic E-state index is 0.0200. The predicted octanol–water partition coefficient (Wildman–Crippen LogP) is 1.92. The molecule has 1 N–H and O–H groups in total. The summed E-state index contributed by atoms with van der Waals surface area (Å²) in [5, 5.41) is 3.62. The molecule has 0 aliphatic heterocycles. The van der Waals surface area contributed by atoms with E-state index in [1.807, 2.05) is 30.3 Å². The Morgan fingerprint density at radius 3 is 3.11 bits per heavy atom. The molecule has 2 rings (SSSR count). The first-order chi connectivity index (χ1) is 8.79. The van der Waals surface area contributed by atoms with Crippen molar-refractivity contribution < 1.29 is 9.53 Å². The van der Waals surface area contributed by atoms with Crippen molar-refractivity contribution in [1.29, 1.82) is 0 Å². The molecule has 18 heavy (non-hydrogen) atoms. The van der Waals surface area contributed by atoms with Crippen molar-refractivity contribution in [2.45, 2.75) is 0 Å². The van der Waals surface area contributed by atoms with Crippen molar-refractivity contribution in [1.82, 2.24) is 10.3 Å². The van der Waals surface area contributed by atoms with Crippen LogP contribution < -0.4 is 10.1 Å². The van der Waals surface area contributed by atoms with Gasteiger partial charge in [0.25, 0.3) is 5.91 Å². The van der Waals surface area contributed by atoms with E-state index in [1.165, 1.54) is 0 Å². The molecule has 0 saturated heterocycles. The first-order valence-corrected chi connectivity index (χ1v) is 5.65. The molecule has 0 aliphatic rings. The maximum Gasteiger partial charge on any atom is 0.258 e. The van der Waals surface area contributed by atoms with Gasteiger partial charge in [0.2, 0.25) is 0 Å². The van der Waals surface area contributed by atoms with Crippen LogP contribution in [0.1, 0.15) is 0 Å². The first-order valence-electron chi connectivity index (χ1n) is 5.65. The number of amides is 1. The fourth-order valence-electron chi connectivity index (χ4n) is 1.52. The summed E-state index contributed by atoms with van der Waals surface area (Å²) >= 11 is 0. The van der Waals surface area contributed by atoms with Gasteiger partial charge in [-0.15, -0.1) is 6.58 Å². The molecule has 1 heterocycles. The molecule has 0 atom stereocenters. The van der Waals surface area contributed by atoms with Crippen LogP contribution >= 0.6 is 0 Å². The van der Waals surface area contributed by atoms with Crippen molar-refractivity contribution in [2.24, 2.45) is 0 Å². The molecule has 0 unspecified atom stereocenters. The fourth-order valence-corrected chi connectivity index (χ4v) is 1.52. The van der Waals surface area contributed by atoms with Crippen molar-refractivity contribution in [2.75, 3.05) is 13.2 Å². The van der Waals surface area contributed by atoms with E-state index in [4.69, 9.17) is 4.74 Å². The molecule has 0 radical (unpaired) electrons. The third-order valence-corrected chi connectivity index (χ3v) is 2.38. The van der Waals surface area contributed by atoms with Crippen LogP contribution in [-0.4, -0.2) is 24.0 Å². The molecule has 1 aromatic heterocycles. The van der Waals surface area contributed by atoms with Gasteiger partial charge in [-0.2, -0.15) is 0 Å². The van der Waals surface area contributed by atoms with Gasteiger partial charge in [-0.1, -0.05) is 24.3 Å². The monoisotopic (exact) mass is 242 g/mol. The maximum absolute atomic E-state index is 11.3. The lowest BCUT2D eigenvalue weighted by atomic mass is 10.2. The Labute approximate surface area is 105 Å². The molecule has 0 spiro atoms. The summed E-state index contributed by atoms with van der Waals surface area (Å²) in [6, 6.07) is 9.61. The summed E-state index contributed by atoms with van der Waals surface area (Å²) in [6.07, 6.45) is 3.23. The topological polar surface area (TPSA) is 51.2 Å². The van der Waals surface area contributed by atoms with Crippen LogP contribution in [-0.2, 0) is 4.79 Å².